The van der Waals surface area contributed by atoms with Crippen LogP contribution in [0.15, 0.2) is 24.3 Å². The van der Waals surface area contributed by atoms with Gasteiger partial charge in [-0.3, -0.25) is 0 Å². The average Bonchev–Trinajstić information content (AvgIpc) is 3.28. The normalized spacial score (nSPS) is 20.8. The highest BCUT2D eigenvalue weighted by atomic mass is 16.4. The number of hydrogen-bond acceptors (Lipinski definition) is 2. The van der Waals surface area contributed by atoms with E-state index in [-0.39, 0.29) is 6.03 Å². The first kappa shape index (κ1) is 13.9. The van der Waals surface area contributed by atoms with E-state index in [0.29, 0.717) is 18.9 Å². The first-order valence-corrected chi connectivity index (χ1v) is 7.37. The van der Waals surface area contributed by atoms with Crippen LogP contribution >= 0.6 is 0 Å². The van der Waals surface area contributed by atoms with Gasteiger partial charge < -0.3 is 14.9 Å². The molecule has 1 N–H and O–H groups in total. The van der Waals surface area contributed by atoms with Crippen molar-refractivity contribution in [2.75, 3.05) is 13.6 Å². The number of carbonyl (C=O) groups is 2. The first-order chi connectivity index (χ1) is 10.1. The van der Waals surface area contributed by atoms with Crippen molar-refractivity contribution >= 4 is 12.0 Å². The summed E-state index contributed by atoms with van der Waals surface area (Å²) in [6, 6.07) is 6.80. The third kappa shape index (κ3) is 2.86. The number of urea groups is 1. The zero-order chi connectivity index (χ0) is 15.0. The highest BCUT2D eigenvalue weighted by Crippen LogP contribution is 2.30. The fourth-order valence-corrected chi connectivity index (χ4v) is 2.93. The smallest absolute Gasteiger partial charge is 0.326 e. The van der Waals surface area contributed by atoms with Crippen LogP contribution in [-0.4, -0.2) is 46.5 Å². The molecule has 1 fully saturated rings. The number of carbonyl (C=O) groups excluding carboxylic acids is 1. The van der Waals surface area contributed by atoms with E-state index in [2.05, 4.69) is 0 Å². The highest BCUT2D eigenvalue weighted by molar-refractivity contribution is 5.83. The third-order valence-corrected chi connectivity index (χ3v) is 4.33. The maximum atomic E-state index is 12.6. The summed E-state index contributed by atoms with van der Waals surface area (Å²) < 4.78 is 0. The van der Waals surface area contributed by atoms with Gasteiger partial charge in [-0.2, -0.15) is 0 Å². The Bertz CT molecular complexity index is 568. The fraction of sp³-hybridized carbons (Fsp3) is 0.500. The fourth-order valence-electron chi connectivity index (χ4n) is 2.93. The molecule has 112 valence electrons. The minimum atomic E-state index is -0.933. The van der Waals surface area contributed by atoms with E-state index in [4.69, 9.17) is 0 Å². The topological polar surface area (TPSA) is 60.9 Å². The molecule has 3 rings (SSSR count). The lowest BCUT2D eigenvalue weighted by molar-refractivity contribution is -0.142. The monoisotopic (exact) mass is 288 g/mol. The molecule has 0 spiro atoms. The predicted octanol–water partition coefficient (Wildman–Crippen LogP) is 1.96. The van der Waals surface area contributed by atoms with Gasteiger partial charge in [0, 0.05) is 26.6 Å². The Morgan fingerprint density at radius 1 is 1.29 bits per heavy atom. The largest absolute Gasteiger partial charge is 0.480 e. The summed E-state index contributed by atoms with van der Waals surface area (Å²) in [5, 5.41) is 9.45. The van der Waals surface area contributed by atoms with Gasteiger partial charge in [-0.05, 0) is 29.9 Å². The maximum absolute atomic E-state index is 12.6. The molecule has 0 aromatic heterocycles. The minimum Gasteiger partial charge on any atom is -0.480 e. The average molecular weight is 288 g/mol. The van der Waals surface area contributed by atoms with Crippen LogP contribution in [0.5, 0.6) is 0 Å². The van der Waals surface area contributed by atoms with Gasteiger partial charge in [0.05, 0.1) is 0 Å². The number of aliphatic carboxylic acids is 1. The van der Waals surface area contributed by atoms with Gasteiger partial charge in [0.2, 0.25) is 0 Å². The molecule has 2 amide bonds. The molecule has 5 heteroatoms. The lowest BCUT2D eigenvalue weighted by Gasteiger charge is -2.36. The number of benzene rings is 1. The number of fused-ring (bicyclic) bond motifs is 1. The van der Waals surface area contributed by atoms with E-state index in [9.17, 15) is 14.7 Å². The van der Waals surface area contributed by atoms with Gasteiger partial charge in [-0.1, -0.05) is 24.3 Å². The van der Waals surface area contributed by atoms with Gasteiger partial charge >= 0.3 is 12.0 Å². The summed E-state index contributed by atoms with van der Waals surface area (Å²) in [5.41, 5.74) is 2.07. The number of amides is 2. The molecule has 0 bridgehead atoms. The SMILES string of the molecule is CN(CC1CC1)C(=O)N1Cc2ccccc2C[C@@H]1C(=O)O. The van der Waals surface area contributed by atoms with Crippen molar-refractivity contribution in [1.29, 1.82) is 0 Å². The quantitative estimate of drug-likeness (QED) is 0.925. The van der Waals surface area contributed by atoms with Crippen LogP contribution in [0.1, 0.15) is 24.0 Å². The first-order valence-electron chi connectivity index (χ1n) is 7.37. The molecule has 1 aromatic carbocycles. The molecule has 1 aromatic rings. The van der Waals surface area contributed by atoms with Crippen molar-refractivity contribution in [3.63, 3.8) is 0 Å². The van der Waals surface area contributed by atoms with Crippen molar-refractivity contribution in [2.45, 2.75) is 31.8 Å². The summed E-state index contributed by atoms with van der Waals surface area (Å²) >= 11 is 0. The molecule has 0 radical (unpaired) electrons. The number of hydrogen-bond donors (Lipinski definition) is 1. The molecule has 1 heterocycles. The Morgan fingerprint density at radius 2 is 1.95 bits per heavy atom. The zero-order valence-corrected chi connectivity index (χ0v) is 12.2. The number of carboxylic acids is 1. The molecule has 1 saturated carbocycles. The van der Waals surface area contributed by atoms with Crippen LogP contribution < -0.4 is 0 Å². The third-order valence-electron chi connectivity index (χ3n) is 4.33. The Kier molecular flexibility index (Phi) is 3.57. The Balaban J connectivity index is 1.81. The summed E-state index contributed by atoms with van der Waals surface area (Å²) in [7, 11) is 1.76. The standard InChI is InChI=1S/C16H20N2O3/c1-17(9-11-6-7-11)16(21)18-10-13-5-3-2-4-12(13)8-14(18)15(19)20/h2-5,11,14H,6-10H2,1H3,(H,19,20)/t14-/m1/s1. The van der Waals surface area contributed by atoms with Crippen LogP contribution in [0.25, 0.3) is 0 Å². The highest BCUT2D eigenvalue weighted by Gasteiger charge is 2.36. The molecule has 1 aliphatic carbocycles. The molecule has 2 aliphatic rings. The second kappa shape index (κ2) is 5.39. The second-order valence-corrected chi connectivity index (χ2v) is 6.06. The second-order valence-electron chi connectivity index (χ2n) is 6.06. The van der Waals surface area contributed by atoms with E-state index in [0.717, 1.165) is 17.7 Å². The summed E-state index contributed by atoms with van der Waals surface area (Å²) in [4.78, 5) is 27.3. The van der Waals surface area contributed by atoms with Gasteiger partial charge in [-0.15, -0.1) is 0 Å². The van der Waals surface area contributed by atoms with E-state index >= 15 is 0 Å². The molecular formula is C16H20N2O3. The van der Waals surface area contributed by atoms with Crippen LogP contribution in [-0.2, 0) is 17.8 Å². The van der Waals surface area contributed by atoms with Gasteiger partial charge in [0.25, 0.3) is 0 Å². The van der Waals surface area contributed by atoms with Crippen LogP contribution in [0, 0.1) is 5.92 Å². The van der Waals surface area contributed by atoms with Crippen LogP contribution in [0.4, 0.5) is 4.79 Å². The van der Waals surface area contributed by atoms with Crippen molar-refractivity contribution in [3.05, 3.63) is 35.4 Å². The lowest BCUT2D eigenvalue weighted by atomic mass is 9.94. The van der Waals surface area contributed by atoms with Crippen LogP contribution in [0.2, 0.25) is 0 Å². The molecular weight excluding hydrogens is 268 g/mol. The van der Waals surface area contributed by atoms with E-state index in [1.54, 1.807) is 11.9 Å². The predicted molar refractivity (Wildman–Crippen MR) is 77.9 cm³/mol. The molecule has 0 unspecified atom stereocenters. The molecule has 1 aliphatic heterocycles. The van der Waals surface area contributed by atoms with E-state index < -0.39 is 12.0 Å². The molecule has 21 heavy (non-hydrogen) atoms. The molecule has 1 atom stereocenters. The molecule has 0 saturated heterocycles. The number of carboxylic acid groups (broad SMARTS) is 1. The van der Waals surface area contributed by atoms with Gasteiger partial charge in [0.1, 0.15) is 6.04 Å². The maximum Gasteiger partial charge on any atom is 0.326 e. The summed E-state index contributed by atoms with van der Waals surface area (Å²) in [6.45, 7) is 1.10. The van der Waals surface area contributed by atoms with Crippen molar-refractivity contribution in [1.82, 2.24) is 9.80 Å². The summed E-state index contributed by atoms with van der Waals surface area (Å²) in [5.74, 6) is -0.336. The summed E-state index contributed by atoms with van der Waals surface area (Å²) in [6.07, 6.45) is 2.72. The van der Waals surface area contributed by atoms with Crippen molar-refractivity contribution in [3.8, 4) is 0 Å². The lowest BCUT2D eigenvalue weighted by Crippen LogP contribution is -2.52. The van der Waals surface area contributed by atoms with Crippen molar-refractivity contribution < 1.29 is 14.7 Å². The van der Waals surface area contributed by atoms with Gasteiger partial charge in [0.15, 0.2) is 0 Å². The number of rotatable bonds is 3. The van der Waals surface area contributed by atoms with Crippen molar-refractivity contribution in [2.24, 2.45) is 5.92 Å². The van der Waals surface area contributed by atoms with E-state index in [1.807, 2.05) is 24.3 Å². The minimum absolute atomic E-state index is 0.177. The van der Waals surface area contributed by atoms with Crippen LogP contribution in [0.3, 0.4) is 0 Å². The van der Waals surface area contributed by atoms with Gasteiger partial charge in [-0.25, -0.2) is 9.59 Å². The van der Waals surface area contributed by atoms with E-state index in [1.165, 1.54) is 17.7 Å². The zero-order valence-electron chi connectivity index (χ0n) is 12.2. The Morgan fingerprint density at radius 3 is 2.57 bits per heavy atom. The Hall–Kier alpha value is -2.04. The molecule has 5 nitrogen and oxygen atoms in total. The number of nitrogens with zero attached hydrogens (tertiary/aromatic N) is 2. The Labute approximate surface area is 124 Å².